The number of para-hydroxylation sites is 1. The molecule has 2 aromatic carbocycles. The Morgan fingerprint density at radius 2 is 1.90 bits per heavy atom. The molecule has 3 nitrogen and oxygen atoms in total. The summed E-state index contributed by atoms with van der Waals surface area (Å²) in [6, 6.07) is 16.3. The number of hydrogen-bond acceptors (Lipinski definition) is 4. The molecule has 4 rings (SSSR count). The van der Waals surface area contributed by atoms with Gasteiger partial charge in [0.25, 0.3) is 0 Å². The minimum Gasteiger partial charge on any atom is -0.324 e. The highest BCUT2D eigenvalue weighted by atomic mass is 32.1. The molecule has 0 spiro atoms. The molecule has 1 N–H and O–H groups in total. The number of nitrogens with one attached hydrogen (secondary N) is 1. The fourth-order valence-electron chi connectivity index (χ4n) is 2.26. The van der Waals surface area contributed by atoms with Crippen LogP contribution in [0.25, 0.3) is 21.0 Å². The Morgan fingerprint density at radius 1 is 0.950 bits per heavy atom. The summed E-state index contributed by atoms with van der Waals surface area (Å²) in [6.45, 7) is 0. The number of rotatable bonds is 2. The van der Waals surface area contributed by atoms with Crippen molar-refractivity contribution in [1.29, 1.82) is 0 Å². The minimum atomic E-state index is 0.627. The Labute approximate surface area is 119 Å². The van der Waals surface area contributed by atoms with Gasteiger partial charge in [0.15, 0.2) is 0 Å². The largest absolute Gasteiger partial charge is 0.324 e. The molecule has 0 aliphatic rings. The lowest BCUT2D eigenvalue weighted by atomic mass is 10.2. The van der Waals surface area contributed by atoms with Gasteiger partial charge in [-0.1, -0.05) is 24.3 Å². The molecule has 0 saturated heterocycles. The summed E-state index contributed by atoms with van der Waals surface area (Å²) in [5.41, 5.74) is 1.99. The summed E-state index contributed by atoms with van der Waals surface area (Å²) >= 11 is 1.73. The van der Waals surface area contributed by atoms with Crippen molar-refractivity contribution in [3.63, 3.8) is 0 Å². The van der Waals surface area contributed by atoms with Gasteiger partial charge in [-0.15, -0.1) is 11.3 Å². The van der Waals surface area contributed by atoms with E-state index in [1.165, 1.54) is 10.1 Å². The van der Waals surface area contributed by atoms with Gasteiger partial charge in [0.2, 0.25) is 5.95 Å². The summed E-state index contributed by atoms with van der Waals surface area (Å²) in [5.74, 6) is 0.627. The Kier molecular flexibility index (Phi) is 2.60. The number of anilines is 2. The second-order valence-corrected chi connectivity index (χ2v) is 5.46. The summed E-state index contributed by atoms with van der Waals surface area (Å²) < 4.78 is 1.26. The second-order valence-electron chi connectivity index (χ2n) is 4.52. The highest BCUT2D eigenvalue weighted by Gasteiger charge is 2.04. The number of hydrogen-bond donors (Lipinski definition) is 1. The number of nitrogens with zero attached hydrogens (tertiary/aromatic N) is 2. The molecule has 0 unspecified atom stereocenters. The number of aromatic nitrogens is 2. The Balaban J connectivity index is 1.78. The fraction of sp³-hybridized carbons (Fsp3) is 0. The van der Waals surface area contributed by atoms with E-state index in [9.17, 15) is 0 Å². The highest BCUT2D eigenvalue weighted by molar-refractivity contribution is 7.17. The van der Waals surface area contributed by atoms with Gasteiger partial charge in [-0.3, -0.25) is 0 Å². The third kappa shape index (κ3) is 1.90. The first kappa shape index (κ1) is 11.4. The first-order valence-corrected chi connectivity index (χ1v) is 7.23. The standard InChI is InChI=1S/C16H11N3S/c1-2-5-13-11(4-1)10-17-16(18-13)19-14-6-3-7-15-12(14)8-9-20-15/h1-10H,(H,17,18,19). The zero-order valence-corrected chi connectivity index (χ0v) is 11.4. The zero-order chi connectivity index (χ0) is 13.4. The summed E-state index contributed by atoms with van der Waals surface area (Å²) in [6.07, 6.45) is 1.85. The van der Waals surface area contributed by atoms with Crippen molar-refractivity contribution < 1.29 is 0 Å². The molecule has 0 amide bonds. The molecule has 0 aliphatic carbocycles. The second kappa shape index (κ2) is 4.58. The van der Waals surface area contributed by atoms with Crippen molar-refractivity contribution in [2.24, 2.45) is 0 Å². The topological polar surface area (TPSA) is 37.8 Å². The Morgan fingerprint density at radius 3 is 2.90 bits per heavy atom. The molecule has 0 aliphatic heterocycles. The lowest BCUT2D eigenvalue weighted by molar-refractivity contribution is 1.22. The first-order chi connectivity index (χ1) is 9.90. The van der Waals surface area contributed by atoms with Crippen LogP contribution in [0.5, 0.6) is 0 Å². The van der Waals surface area contributed by atoms with Crippen LogP contribution >= 0.6 is 11.3 Å². The van der Waals surface area contributed by atoms with Crippen molar-refractivity contribution in [3.05, 3.63) is 60.1 Å². The van der Waals surface area contributed by atoms with Crippen LogP contribution in [0.2, 0.25) is 0 Å². The van der Waals surface area contributed by atoms with Crippen molar-refractivity contribution in [1.82, 2.24) is 9.97 Å². The molecule has 4 heteroatoms. The zero-order valence-electron chi connectivity index (χ0n) is 10.6. The lowest BCUT2D eigenvalue weighted by Crippen LogP contribution is -1.97. The average molecular weight is 277 g/mol. The predicted molar refractivity (Wildman–Crippen MR) is 84.6 cm³/mol. The van der Waals surface area contributed by atoms with E-state index in [4.69, 9.17) is 0 Å². The van der Waals surface area contributed by atoms with E-state index in [2.05, 4.69) is 32.8 Å². The molecular weight excluding hydrogens is 266 g/mol. The summed E-state index contributed by atoms with van der Waals surface area (Å²) in [5, 5.41) is 7.65. The van der Waals surface area contributed by atoms with Crippen LogP contribution in [-0.4, -0.2) is 9.97 Å². The van der Waals surface area contributed by atoms with Gasteiger partial charge in [-0.05, 0) is 29.6 Å². The van der Waals surface area contributed by atoms with Crippen LogP contribution in [0.4, 0.5) is 11.6 Å². The molecule has 20 heavy (non-hydrogen) atoms. The molecule has 0 atom stereocenters. The van der Waals surface area contributed by atoms with Gasteiger partial charge in [0, 0.05) is 27.4 Å². The third-order valence-corrected chi connectivity index (χ3v) is 4.11. The monoisotopic (exact) mass is 277 g/mol. The molecule has 0 bridgehead atoms. The number of benzene rings is 2. The van der Waals surface area contributed by atoms with Crippen molar-refractivity contribution in [2.45, 2.75) is 0 Å². The molecular formula is C16H11N3S. The van der Waals surface area contributed by atoms with Gasteiger partial charge < -0.3 is 5.32 Å². The molecule has 96 valence electrons. The predicted octanol–water partition coefficient (Wildman–Crippen LogP) is 4.59. The van der Waals surface area contributed by atoms with Crippen LogP contribution in [0.1, 0.15) is 0 Å². The molecule has 2 aromatic heterocycles. The van der Waals surface area contributed by atoms with Crippen molar-refractivity contribution in [3.8, 4) is 0 Å². The van der Waals surface area contributed by atoms with E-state index in [0.717, 1.165) is 16.6 Å². The maximum absolute atomic E-state index is 4.54. The Hall–Kier alpha value is -2.46. The van der Waals surface area contributed by atoms with Crippen LogP contribution in [0, 0.1) is 0 Å². The van der Waals surface area contributed by atoms with E-state index in [1.54, 1.807) is 11.3 Å². The van der Waals surface area contributed by atoms with Crippen LogP contribution in [0.3, 0.4) is 0 Å². The lowest BCUT2D eigenvalue weighted by Gasteiger charge is -2.06. The molecule has 0 saturated carbocycles. The molecule has 4 aromatic rings. The summed E-state index contributed by atoms with van der Waals surface area (Å²) in [7, 11) is 0. The number of fused-ring (bicyclic) bond motifs is 2. The molecule has 0 fully saturated rings. The van der Waals surface area contributed by atoms with Crippen LogP contribution in [0.15, 0.2) is 60.1 Å². The fourth-order valence-corrected chi connectivity index (χ4v) is 3.07. The maximum Gasteiger partial charge on any atom is 0.227 e. The summed E-state index contributed by atoms with van der Waals surface area (Å²) in [4.78, 5) is 8.92. The van der Waals surface area contributed by atoms with Gasteiger partial charge >= 0.3 is 0 Å². The van der Waals surface area contributed by atoms with E-state index >= 15 is 0 Å². The van der Waals surface area contributed by atoms with Crippen LogP contribution in [-0.2, 0) is 0 Å². The molecule has 0 radical (unpaired) electrons. The highest BCUT2D eigenvalue weighted by Crippen LogP contribution is 2.29. The van der Waals surface area contributed by atoms with Crippen LogP contribution < -0.4 is 5.32 Å². The van der Waals surface area contributed by atoms with Gasteiger partial charge in [0.1, 0.15) is 0 Å². The smallest absolute Gasteiger partial charge is 0.227 e. The van der Waals surface area contributed by atoms with E-state index in [-0.39, 0.29) is 0 Å². The quantitative estimate of drug-likeness (QED) is 0.582. The Bertz CT molecular complexity index is 898. The first-order valence-electron chi connectivity index (χ1n) is 6.35. The SMILES string of the molecule is c1ccc2nc(Nc3cccc4sccc34)ncc2c1. The van der Waals surface area contributed by atoms with E-state index in [0.29, 0.717) is 5.95 Å². The average Bonchev–Trinajstić information content (AvgIpc) is 2.97. The number of thiophene rings is 1. The minimum absolute atomic E-state index is 0.627. The van der Waals surface area contributed by atoms with Crippen molar-refractivity contribution >= 4 is 44.0 Å². The van der Waals surface area contributed by atoms with Crippen molar-refractivity contribution in [2.75, 3.05) is 5.32 Å². The maximum atomic E-state index is 4.54. The molecule has 2 heterocycles. The third-order valence-electron chi connectivity index (χ3n) is 3.23. The van der Waals surface area contributed by atoms with Gasteiger partial charge in [0.05, 0.1) is 5.52 Å². The van der Waals surface area contributed by atoms with E-state index in [1.807, 2.05) is 42.6 Å². The van der Waals surface area contributed by atoms with Gasteiger partial charge in [-0.25, -0.2) is 9.97 Å². The van der Waals surface area contributed by atoms with Gasteiger partial charge in [-0.2, -0.15) is 0 Å². The van der Waals surface area contributed by atoms with E-state index < -0.39 is 0 Å². The normalized spacial score (nSPS) is 11.0.